The zero-order valence-electron chi connectivity index (χ0n) is 10.9. The average Bonchev–Trinajstić information content (AvgIpc) is 3.07. The molecule has 1 aromatic heterocycles. The number of hydrogen-bond donors (Lipinski definition) is 1. The predicted molar refractivity (Wildman–Crippen MR) is 69.2 cm³/mol. The molecule has 0 aliphatic carbocycles. The summed E-state index contributed by atoms with van der Waals surface area (Å²) >= 11 is 0. The van der Waals surface area contributed by atoms with Crippen molar-refractivity contribution in [2.75, 3.05) is 0 Å². The summed E-state index contributed by atoms with van der Waals surface area (Å²) in [7, 11) is 0. The Balaban J connectivity index is 1.81. The highest BCUT2D eigenvalue weighted by Crippen LogP contribution is 2.32. The zero-order chi connectivity index (χ0) is 14.1. The molecule has 0 amide bonds. The second-order valence-electron chi connectivity index (χ2n) is 4.84. The molecule has 1 aliphatic rings. The summed E-state index contributed by atoms with van der Waals surface area (Å²) in [6, 6.07) is 6.32. The van der Waals surface area contributed by atoms with Crippen molar-refractivity contribution in [2.24, 2.45) is 0 Å². The van der Waals surface area contributed by atoms with Gasteiger partial charge < -0.3 is 14.3 Å². The van der Waals surface area contributed by atoms with Gasteiger partial charge in [-0.15, -0.1) is 10.2 Å². The quantitative estimate of drug-likeness (QED) is 0.926. The van der Waals surface area contributed by atoms with Gasteiger partial charge in [0, 0.05) is 5.56 Å². The third-order valence-corrected chi connectivity index (χ3v) is 3.33. The number of carboxylic acid groups (broad SMARTS) is 1. The second-order valence-corrected chi connectivity index (χ2v) is 4.84. The summed E-state index contributed by atoms with van der Waals surface area (Å²) in [6.45, 7) is 2.02. The van der Waals surface area contributed by atoms with Crippen molar-refractivity contribution in [1.29, 1.82) is 0 Å². The third kappa shape index (κ3) is 2.42. The molecule has 2 heterocycles. The van der Waals surface area contributed by atoms with Crippen LogP contribution >= 0.6 is 0 Å². The summed E-state index contributed by atoms with van der Waals surface area (Å²) in [4.78, 5) is 10.8. The number of ether oxygens (including phenoxy) is 1. The molecule has 6 nitrogen and oxygen atoms in total. The number of hydrogen-bond acceptors (Lipinski definition) is 5. The van der Waals surface area contributed by atoms with Crippen molar-refractivity contribution in [3.05, 3.63) is 35.7 Å². The molecule has 0 spiro atoms. The van der Waals surface area contributed by atoms with E-state index in [1.165, 1.54) is 12.1 Å². The Bertz CT molecular complexity index is 620. The minimum atomic E-state index is -0.962. The fraction of sp³-hybridized carbons (Fsp3) is 0.357. The second kappa shape index (κ2) is 5.05. The first kappa shape index (κ1) is 12.8. The number of aromatic carboxylic acids is 1. The molecule has 2 aromatic rings. The number of carboxylic acids is 1. The fourth-order valence-corrected chi connectivity index (χ4v) is 2.22. The Labute approximate surface area is 115 Å². The first-order valence-corrected chi connectivity index (χ1v) is 6.46. The van der Waals surface area contributed by atoms with Crippen LogP contribution in [0.5, 0.6) is 0 Å². The monoisotopic (exact) mass is 274 g/mol. The number of benzene rings is 1. The largest absolute Gasteiger partial charge is 0.478 e. The Kier molecular flexibility index (Phi) is 3.23. The molecule has 104 valence electrons. The standard InChI is InChI=1S/C14H14N2O4/c1-8-2-7-11(19-8)13-16-15-12(20-13)9-3-5-10(6-4-9)14(17)18/h3-6,8,11H,2,7H2,1H3,(H,17,18). The summed E-state index contributed by atoms with van der Waals surface area (Å²) < 4.78 is 11.3. The normalized spacial score (nSPS) is 22.1. The van der Waals surface area contributed by atoms with Crippen molar-refractivity contribution in [2.45, 2.75) is 32.0 Å². The summed E-state index contributed by atoms with van der Waals surface area (Å²) in [5, 5.41) is 16.8. The highest BCUT2D eigenvalue weighted by Gasteiger charge is 2.28. The lowest BCUT2D eigenvalue weighted by atomic mass is 10.1. The van der Waals surface area contributed by atoms with Crippen LogP contribution in [0.4, 0.5) is 0 Å². The van der Waals surface area contributed by atoms with Gasteiger partial charge in [0.05, 0.1) is 11.7 Å². The van der Waals surface area contributed by atoms with Gasteiger partial charge in [-0.3, -0.25) is 0 Å². The first-order valence-electron chi connectivity index (χ1n) is 6.46. The van der Waals surface area contributed by atoms with Gasteiger partial charge in [-0.2, -0.15) is 0 Å². The summed E-state index contributed by atoms with van der Waals surface area (Å²) in [5.74, 6) is -0.108. The van der Waals surface area contributed by atoms with Gasteiger partial charge in [0.2, 0.25) is 11.8 Å². The van der Waals surface area contributed by atoms with E-state index in [-0.39, 0.29) is 17.8 Å². The average molecular weight is 274 g/mol. The molecule has 2 unspecified atom stereocenters. The van der Waals surface area contributed by atoms with Crippen molar-refractivity contribution >= 4 is 5.97 Å². The van der Waals surface area contributed by atoms with Crippen LogP contribution in [0.25, 0.3) is 11.5 Å². The van der Waals surface area contributed by atoms with Gasteiger partial charge >= 0.3 is 5.97 Å². The van der Waals surface area contributed by atoms with E-state index in [9.17, 15) is 4.79 Å². The smallest absolute Gasteiger partial charge is 0.335 e. The lowest BCUT2D eigenvalue weighted by molar-refractivity contribution is 0.0393. The van der Waals surface area contributed by atoms with Crippen LogP contribution in [0, 0.1) is 0 Å². The van der Waals surface area contributed by atoms with Gasteiger partial charge in [-0.25, -0.2) is 4.79 Å². The molecule has 3 rings (SSSR count). The minimum Gasteiger partial charge on any atom is -0.478 e. The van der Waals surface area contributed by atoms with Gasteiger partial charge in [-0.05, 0) is 44.0 Å². The van der Waals surface area contributed by atoms with Crippen molar-refractivity contribution in [1.82, 2.24) is 10.2 Å². The Morgan fingerprint density at radius 2 is 2.00 bits per heavy atom. The van der Waals surface area contributed by atoms with E-state index in [1.807, 2.05) is 6.92 Å². The van der Waals surface area contributed by atoms with E-state index < -0.39 is 5.97 Å². The topological polar surface area (TPSA) is 85.5 Å². The zero-order valence-corrected chi connectivity index (χ0v) is 10.9. The fourth-order valence-electron chi connectivity index (χ4n) is 2.22. The van der Waals surface area contributed by atoms with Crippen LogP contribution < -0.4 is 0 Å². The maximum atomic E-state index is 10.8. The number of carbonyl (C=O) groups is 1. The molecule has 1 N–H and O–H groups in total. The van der Waals surface area contributed by atoms with Crippen LogP contribution in [-0.4, -0.2) is 27.4 Å². The molecular formula is C14H14N2O4. The number of nitrogens with zero attached hydrogens (tertiary/aromatic N) is 2. The number of aromatic nitrogens is 2. The van der Waals surface area contributed by atoms with Crippen LogP contribution in [0.3, 0.4) is 0 Å². The van der Waals surface area contributed by atoms with Crippen LogP contribution in [-0.2, 0) is 4.74 Å². The molecule has 6 heteroatoms. The molecule has 0 radical (unpaired) electrons. The SMILES string of the molecule is CC1CCC(c2nnc(-c3ccc(C(=O)O)cc3)o2)O1. The third-order valence-electron chi connectivity index (χ3n) is 3.33. The molecule has 1 aromatic carbocycles. The van der Waals surface area contributed by atoms with Gasteiger partial charge in [0.15, 0.2) is 0 Å². The first-order chi connectivity index (χ1) is 9.63. The Hall–Kier alpha value is -2.21. The molecule has 0 saturated carbocycles. The highest BCUT2D eigenvalue weighted by molar-refractivity contribution is 5.88. The molecule has 2 atom stereocenters. The van der Waals surface area contributed by atoms with Gasteiger partial charge in [-0.1, -0.05) is 0 Å². The summed E-state index contributed by atoms with van der Waals surface area (Å²) in [5.41, 5.74) is 0.918. The van der Waals surface area contributed by atoms with E-state index in [0.717, 1.165) is 12.8 Å². The molecule has 1 saturated heterocycles. The maximum Gasteiger partial charge on any atom is 0.335 e. The van der Waals surface area contributed by atoms with E-state index in [4.69, 9.17) is 14.3 Å². The van der Waals surface area contributed by atoms with Crippen LogP contribution in [0.2, 0.25) is 0 Å². The predicted octanol–water partition coefficient (Wildman–Crippen LogP) is 2.67. The van der Waals surface area contributed by atoms with Crippen molar-refractivity contribution < 1.29 is 19.1 Å². The van der Waals surface area contributed by atoms with Crippen molar-refractivity contribution in [3.8, 4) is 11.5 Å². The van der Waals surface area contributed by atoms with Gasteiger partial charge in [0.1, 0.15) is 6.10 Å². The van der Waals surface area contributed by atoms with Crippen LogP contribution in [0.15, 0.2) is 28.7 Å². The van der Waals surface area contributed by atoms with Gasteiger partial charge in [0.25, 0.3) is 0 Å². The van der Waals surface area contributed by atoms with E-state index in [0.29, 0.717) is 17.3 Å². The Morgan fingerprint density at radius 1 is 1.25 bits per heavy atom. The summed E-state index contributed by atoms with van der Waals surface area (Å²) in [6.07, 6.45) is 1.94. The maximum absolute atomic E-state index is 10.8. The molecule has 20 heavy (non-hydrogen) atoms. The molecule has 1 fully saturated rings. The molecule has 1 aliphatic heterocycles. The van der Waals surface area contributed by atoms with Crippen molar-refractivity contribution in [3.63, 3.8) is 0 Å². The van der Waals surface area contributed by atoms with E-state index in [2.05, 4.69) is 10.2 Å². The lowest BCUT2D eigenvalue weighted by Gasteiger charge is -2.05. The minimum absolute atomic E-state index is 0.135. The number of rotatable bonds is 3. The molecule has 0 bridgehead atoms. The highest BCUT2D eigenvalue weighted by atomic mass is 16.5. The van der Waals surface area contributed by atoms with E-state index in [1.54, 1.807) is 12.1 Å². The lowest BCUT2D eigenvalue weighted by Crippen LogP contribution is -2.01. The molecular weight excluding hydrogens is 260 g/mol. The Morgan fingerprint density at radius 3 is 2.60 bits per heavy atom. The van der Waals surface area contributed by atoms with Crippen LogP contribution in [0.1, 0.15) is 42.1 Å². The van der Waals surface area contributed by atoms with E-state index >= 15 is 0 Å².